The molecule has 0 saturated heterocycles. The van der Waals surface area contributed by atoms with Crippen LogP contribution in [0.3, 0.4) is 0 Å². The van der Waals surface area contributed by atoms with E-state index in [-0.39, 0.29) is 5.56 Å². The lowest BCUT2D eigenvalue weighted by Crippen LogP contribution is -2.27. The van der Waals surface area contributed by atoms with Gasteiger partial charge >= 0.3 is 6.23 Å². The van der Waals surface area contributed by atoms with E-state index in [1.165, 1.54) is 12.1 Å². The van der Waals surface area contributed by atoms with Crippen molar-refractivity contribution in [2.75, 3.05) is 0 Å². The van der Waals surface area contributed by atoms with Crippen molar-refractivity contribution in [3.05, 3.63) is 46.0 Å². The second-order valence-corrected chi connectivity index (χ2v) is 2.37. The highest BCUT2D eigenvalue weighted by Gasteiger charge is 2.28. The summed E-state index contributed by atoms with van der Waals surface area (Å²) in [5.41, 5.74) is 0.0687. The first kappa shape index (κ1) is 9.34. The molecule has 0 amide bonds. The molecular weight excluding hydrogens is 174 g/mol. The van der Waals surface area contributed by atoms with Crippen LogP contribution in [0.4, 0.5) is 0 Å². The van der Waals surface area contributed by atoms with E-state index in [1.54, 1.807) is 18.2 Å². The Morgan fingerprint density at radius 1 is 1.31 bits per heavy atom. The standard InChI is InChI=1S/C8H6NO4/c10-7(8(11)9(12)13)6-4-2-1-3-5-6/h1-5,8H. The van der Waals surface area contributed by atoms with Gasteiger partial charge in [-0.05, 0) is 0 Å². The predicted octanol–water partition coefficient (Wildman–Crippen LogP) is 0.903. The third-order valence-electron chi connectivity index (χ3n) is 1.47. The van der Waals surface area contributed by atoms with Gasteiger partial charge in [0.1, 0.15) is 0 Å². The first-order valence-electron chi connectivity index (χ1n) is 3.51. The molecule has 13 heavy (non-hydrogen) atoms. The van der Waals surface area contributed by atoms with Crippen molar-refractivity contribution in [1.82, 2.24) is 0 Å². The number of rotatable bonds is 3. The van der Waals surface area contributed by atoms with Crippen molar-refractivity contribution in [2.24, 2.45) is 0 Å². The molecule has 0 fully saturated rings. The molecule has 0 spiro atoms. The minimum atomic E-state index is -2.41. The van der Waals surface area contributed by atoms with Crippen LogP contribution in [0, 0.1) is 10.1 Å². The highest BCUT2D eigenvalue weighted by atomic mass is 16.7. The molecule has 0 bridgehead atoms. The van der Waals surface area contributed by atoms with Gasteiger partial charge in [-0.1, -0.05) is 30.3 Å². The second-order valence-electron chi connectivity index (χ2n) is 2.37. The fourth-order valence-corrected chi connectivity index (χ4v) is 0.841. The molecule has 0 heterocycles. The Labute approximate surface area is 73.8 Å². The topological polar surface area (TPSA) is 80.1 Å². The molecule has 0 aromatic heterocycles. The molecule has 1 rings (SSSR count). The Morgan fingerprint density at radius 3 is 2.31 bits per heavy atom. The second kappa shape index (κ2) is 3.77. The van der Waals surface area contributed by atoms with Crippen molar-refractivity contribution in [1.29, 1.82) is 0 Å². The summed E-state index contributed by atoms with van der Waals surface area (Å²) in [5, 5.41) is 20.7. The number of hydrogen-bond donors (Lipinski definition) is 0. The molecule has 5 nitrogen and oxygen atoms in total. The Bertz CT molecular complexity index is 322. The molecule has 0 N–H and O–H groups in total. The third kappa shape index (κ3) is 2.09. The number of Topliss-reactive ketones (excluding diaryl/α,β-unsaturated/α-hetero) is 1. The molecule has 0 saturated carbocycles. The van der Waals surface area contributed by atoms with Gasteiger partial charge in [-0.15, -0.1) is 5.11 Å². The number of ketones is 1. The number of benzene rings is 1. The van der Waals surface area contributed by atoms with Crippen molar-refractivity contribution < 1.29 is 14.8 Å². The number of carbonyl (C=O) groups excluding carboxylic acids is 1. The highest BCUT2D eigenvalue weighted by molar-refractivity contribution is 5.98. The maximum absolute atomic E-state index is 11.0. The predicted molar refractivity (Wildman–Crippen MR) is 42.2 cm³/mol. The molecule has 0 aliphatic carbocycles. The first-order valence-corrected chi connectivity index (χ1v) is 3.51. The quantitative estimate of drug-likeness (QED) is 0.300. The zero-order chi connectivity index (χ0) is 9.84. The zero-order valence-electron chi connectivity index (χ0n) is 6.54. The van der Waals surface area contributed by atoms with Crippen LogP contribution in [0.1, 0.15) is 10.4 Å². The van der Waals surface area contributed by atoms with Gasteiger partial charge in [0, 0.05) is 5.56 Å². The van der Waals surface area contributed by atoms with Crippen molar-refractivity contribution >= 4 is 5.78 Å². The van der Waals surface area contributed by atoms with Crippen LogP contribution < -0.4 is 0 Å². The molecule has 1 aromatic carbocycles. The van der Waals surface area contributed by atoms with Crippen LogP contribution in [-0.4, -0.2) is 16.9 Å². The van der Waals surface area contributed by atoms with E-state index in [1.807, 2.05) is 0 Å². The molecule has 1 atom stereocenters. The van der Waals surface area contributed by atoms with Crippen LogP contribution in [0.5, 0.6) is 0 Å². The van der Waals surface area contributed by atoms with Gasteiger partial charge in [-0.2, -0.15) is 0 Å². The molecule has 0 aliphatic rings. The minimum Gasteiger partial charge on any atom is -0.283 e. The average molecular weight is 180 g/mol. The Hall–Kier alpha value is -1.75. The van der Waals surface area contributed by atoms with Gasteiger partial charge in [0.15, 0.2) is 0 Å². The maximum Gasteiger partial charge on any atom is 0.404 e. The van der Waals surface area contributed by atoms with Crippen LogP contribution in [-0.2, 0) is 5.11 Å². The van der Waals surface area contributed by atoms with E-state index in [0.717, 1.165) is 0 Å². The molecule has 1 radical (unpaired) electrons. The third-order valence-corrected chi connectivity index (χ3v) is 1.47. The summed E-state index contributed by atoms with van der Waals surface area (Å²) in [6.45, 7) is 0. The molecule has 5 heteroatoms. The van der Waals surface area contributed by atoms with Crippen molar-refractivity contribution in [3.8, 4) is 0 Å². The van der Waals surface area contributed by atoms with Gasteiger partial charge in [0.05, 0.1) is 4.92 Å². The Kier molecular flexibility index (Phi) is 2.71. The van der Waals surface area contributed by atoms with Crippen molar-refractivity contribution in [3.63, 3.8) is 0 Å². The van der Waals surface area contributed by atoms with E-state index in [9.17, 15) is 20.0 Å². The summed E-state index contributed by atoms with van der Waals surface area (Å²) in [6.07, 6.45) is -2.41. The van der Waals surface area contributed by atoms with Crippen LogP contribution in [0.25, 0.3) is 0 Å². The monoisotopic (exact) mass is 180 g/mol. The molecule has 1 aromatic rings. The smallest absolute Gasteiger partial charge is 0.283 e. The highest BCUT2D eigenvalue weighted by Crippen LogP contribution is 2.03. The van der Waals surface area contributed by atoms with E-state index >= 15 is 0 Å². The lowest BCUT2D eigenvalue weighted by Gasteiger charge is -1.98. The number of nitrogens with zero attached hydrogens (tertiary/aromatic N) is 1. The summed E-state index contributed by atoms with van der Waals surface area (Å²) in [5.74, 6) is -1.01. The SMILES string of the molecule is [O]C(C(=O)c1ccccc1)[N+](=O)[O-]. The fraction of sp³-hybridized carbons (Fsp3) is 0.125. The number of nitro groups is 1. The van der Waals surface area contributed by atoms with Gasteiger partial charge in [0.2, 0.25) is 0 Å². The molecule has 67 valence electrons. The van der Waals surface area contributed by atoms with Gasteiger partial charge < -0.3 is 0 Å². The number of hydrogen-bond acceptors (Lipinski definition) is 3. The normalized spacial score (nSPS) is 12.1. The van der Waals surface area contributed by atoms with Crippen LogP contribution in [0.2, 0.25) is 0 Å². The Balaban J connectivity index is 2.86. The summed E-state index contributed by atoms with van der Waals surface area (Å²) in [4.78, 5) is 19.9. The lowest BCUT2D eigenvalue weighted by atomic mass is 10.1. The van der Waals surface area contributed by atoms with Gasteiger partial charge in [-0.25, -0.2) is 0 Å². The number of carbonyl (C=O) groups is 1. The molecular formula is C8H6NO4. The van der Waals surface area contributed by atoms with E-state index in [0.29, 0.717) is 0 Å². The Morgan fingerprint density at radius 2 is 1.85 bits per heavy atom. The minimum absolute atomic E-state index is 0.0687. The lowest BCUT2D eigenvalue weighted by molar-refractivity contribution is -0.560. The zero-order valence-corrected chi connectivity index (χ0v) is 6.54. The maximum atomic E-state index is 11.0. The van der Waals surface area contributed by atoms with E-state index in [2.05, 4.69) is 0 Å². The molecule has 1 unspecified atom stereocenters. The average Bonchev–Trinajstić information content (AvgIpc) is 2.17. The summed E-state index contributed by atoms with van der Waals surface area (Å²) in [6, 6.07) is 7.48. The summed E-state index contributed by atoms with van der Waals surface area (Å²) < 4.78 is 0. The molecule has 0 aliphatic heterocycles. The first-order chi connectivity index (χ1) is 6.13. The largest absolute Gasteiger partial charge is 0.404 e. The van der Waals surface area contributed by atoms with Crippen molar-refractivity contribution in [2.45, 2.75) is 6.23 Å². The van der Waals surface area contributed by atoms with Crippen LogP contribution in [0.15, 0.2) is 30.3 Å². The van der Waals surface area contributed by atoms with E-state index < -0.39 is 16.9 Å². The van der Waals surface area contributed by atoms with E-state index in [4.69, 9.17) is 0 Å². The summed E-state index contributed by atoms with van der Waals surface area (Å²) >= 11 is 0. The summed E-state index contributed by atoms with van der Waals surface area (Å²) in [7, 11) is 0. The fourth-order valence-electron chi connectivity index (χ4n) is 0.841. The van der Waals surface area contributed by atoms with Gasteiger partial charge in [-0.3, -0.25) is 14.9 Å². The van der Waals surface area contributed by atoms with Gasteiger partial charge in [0.25, 0.3) is 5.78 Å². The van der Waals surface area contributed by atoms with Crippen LogP contribution >= 0.6 is 0 Å².